The Hall–Kier alpha value is -0.770. The molecular formula is C17H36N2O2. The summed E-state index contributed by atoms with van der Waals surface area (Å²) in [7, 11) is 0. The normalized spacial score (nSPS) is 13.2. The number of carbonyl (C=O) groups is 1. The van der Waals surface area contributed by atoms with Gasteiger partial charge >= 0.3 is 6.09 Å². The molecule has 0 aromatic carbocycles. The highest BCUT2D eigenvalue weighted by Crippen LogP contribution is 2.18. The Balaban J connectivity index is 4.37. The molecule has 0 aliphatic carbocycles. The fourth-order valence-corrected chi connectivity index (χ4v) is 1.80. The van der Waals surface area contributed by atoms with E-state index in [4.69, 9.17) is 4.74 Å². The Morgan fingerprint density at radius 2 is 1.48 bits per heavy atom. The Morgan fingerprint density at radius 3 is 1.86 bits per heavy atom. The van der Waals surface area contributed by atoms with E-state index in [1.54, 1.807) is 4.90 Å². The molecule has 0 heterocycles. The Kier molecular flexibility index (Phi) is 7.21. The third kappa shape index (κ3) is 10.6. The van der Waals surface area contributed by atoms with Crippen LogP contribution in [0.15, 0.2) is 0 Å². The lowest BCUT2D eigenvalue weighted by atomic mass is 9.92. The van der Waals surface area contributed by atoms with E-state index >= 15 is 0 Å². The van der Waals surface area contributed by atoms with Crippen LogP contribution in [-0.4, -0.2) is 41.8 Å². The van der Waals surface area contributed by atoms with Gasteiger partial charge in [-0.15, -0.1) is 0 Å². The van der Waals surface area contributed by atoms with Crippen LogP contribution in [0.1, 0.15) is 68.7 Å². The minimum absolute atomic E-state index is 0.242. The van der Waals surface area contributed by atoms with Gasteiger partial charge in [0.2, 0.25) is 0 Å². The largest absolute Gasteiger partial charge is 0.444 e. The average molecular weight is 300 g/mol. The predicted octanol–water partition coefficient (Wildman–Crippen LogP) is 4.05. The van der Waals surface area contributed by atoms with E-state index in [9.17, 15) is 4.79 Å². The Labute approximate surface area is 131 Å². The van der Waals surface area contributed by atoms with Gasteiger partial charge in [0.25, 0.3) is 0 Å². The zero-order valence-corrected chi connectivity index (χ0v) is 15.6. The zero-order chi connectivity index (χ0) is 16.9. The number of amides is 1. The maximum absolute atomic E-state index is 12.3. The molecule has 1 N–H and O–H groups in total. The molecule has 4 nitrogen and oxygen atoms in total. The van der Waals surface area contributed by atoms with Crippen molar-refractivity contribution in [2.24, 2.45) is 5.41 Å². The van der Waals surface area contributed by atoms with Crippen molar-refractivity contribution >= 4 is 6.09 Å². The van der Waals surface area contributed by atoms with Gasteiger partial charge in [-0.1, -0.05) is 20.8 Å². The summed E-state index contributed by atoms with van der Waals surface area (Å²) >= 11 is 0. The van der Waals surface area contributed by atoms with E-state index in [0.29, 0.717) is 12.0 Å². The molecule has 0 aromatic rings. The molecule has 0 fully saturated rings. The zero-order valence-electron chi connectivity index (χ0n) is 15.6. The van der Waals surface area contributed by atoms with Gasteiger partial charge in [0.1, 0.15) is 5.60 Å². The molecule has 1 amide bonds. The summed E-state index contributed by atoms with van der Waals surface area (Å²) in [4.78, 5) is 14.1. The van der Waals surface area contributed by atoms with Crippen LogP contribution >= 0.6 is 0 Å². The fraction of sp³-hybridized carbons (Fsp3) is 0.941. The third-order valence-corrected chi connectivity index (χ3v) is 2.99. The first-order valence-electron chi connectivity index (χ1n) is 7.94. The predicted molar refractivity (Wildman–Crippen MR) is 89.6 cm³/mol. The quantitative estimate of drug-likeness (QED) is 0.779. The van der Waals surface area contributed by atoms with Crippen LogP contribution in [0.2, 0.25) is 0 Å². The topological polar surface area (TPSA) is 41.6 Å². The molecule has 0 atom stereocenters. The lowest BCUT2D eigenvalue weighted by Gasteiger charge is -2.37. The van der Waals surface area contributed by atoms with Gasteiger partial charge in [-0.2, -0.15) is 0 Å². The first-order chi connectivity index (χ1) is 9.22. The second-order valence-electron chi connectivity index (χ2n) is 8.86. The highest BCUT2D eigenvalue weighted by Gasteiger charge is 2.30. The summed E-state index contributed by atoms with van der Waals surface area (Å²) in [6.45, 7) is 20.9. The van der Waals surface area contributed by atoms with Crippen molar-refractivity contribution < 1.29 is 9.53 Å². The maximum Gasteiger partial charge on any atom is 0.410 e. The number of rotatable bonds is 5. The molecule has 0 unspecified atom stereocenters. The molecule has 21 heavy (non-hydrogen) atoms. The molecule has 4 heteroatoms. The van der Waals surface area contributed by atoms with Crippen LogP contribution in [0.25, 0.3) is 0 Å². The fourth-order valence-electron chi connectivity index (χ4n) is 1.80. The Bertz CT molecular complexity index is 319. The second kappa shape index (κ2) is 7.48. The van der Waals surface area contributed by atoms with Crippen LogP contribution < -0.4 is 5.32 Å². The summed E-state index contributed by atoms with van der Waals surface area (Å²) < 4.78 is 5.50. The number of carbonyl (C=O) groups excluding carboxylic acids is 1. The molecule has 0 saturated heterocycles. The van der Waals surface area contributed by atoms with Crippen molar-refractivity contribution in [1.82, 2.24) is 10.2 Å². The molecule has 0 spiro atoms. The standard InChI is InChI=1S/C17H36N2O2/c1-15(2,3)10-11-18-12-13-19(16(4,5)6)14(20)21-17(7,8)9/h18H,10-13H2,1-9H3. The van der Waals surface area contributed by atoms with E-state index in [1.807, 2.05) is 41.5 Å². The number of hydrogen-bond acceptors (Lipinski definition) is 3. The van der Waals surface area contributed by atoms with Gasteiger partial charge in [-0.05, 0) is 59.9 Å². The van der Waals surface area contributed by atoms with Crippen LogP contribution in [0.5, 0.6) is 0 Å². The van der Waals surface area contributed by atoms with E-state index in [2.05, 4.69) is 26.1 Å². The molecule has 0 aliphatic heterocycles. The van der Waals surface area contributed by atoms with Gasteiger partial charge in [-0.25, -0.2) is 4.79 Å². The van der Waals surface area contributed by atoms with Crippen molar-refractivity contribution in [2.75, 3.05) is 19.6 Å². The van der Waals surface area contributed by atoms with E-state index in [1.165, 1.54) is 0 Å². The monoisotopic (exact) mass is 300 g/mol. The number of nitrogens with zero attached hydrogens (tertiary/aromatic N) is 1. The molecule has 0 rings (SSSR count). The molecule has 0 radical (unpaired) electrons. The minimum atomic E-state index is -0.458. The maximum atomic E-state index is 12.3. The lowest BCUT2D eigenvalue weighted by Crippen LogP contribution is -2.50. The van der Waals surface area contributed by atoms with Crippen molar-refractivity contribution in [3.8, 4) is 0 Å². The van der Waals surface area contributed by atoms with Crippen molar-refractivity contribution in [2.45, 2.75) is 79.9 Å². The first kappa shape index (κ1) is 20.2. The van der Waals surface area contributed by atoms with Crippen LogP contribution in [0.3, 0.4) is 0 Å². The highest BCUT2D eigenvalue weighted by molar-refractivity contribution is 5.69. The minimum Gasteiger partial charge on any atom is -0.444 e. The summed E-state index contributed by atoms with van der Waals surface area (Å²) in [5, 5.41) is 3.41. The SMILES string of the molecule is CC(C)(C)CCNCCN(C(=O)OC(C)(C)C)C(C)(C)C. The van der Waals surface area contributed by atoms with E-state index in [0.717, 1.165) is 19.5 Å². The summed E-state index contributed by atoms with van der Waals surface area (Å²) in [6.07, 6.45) is 0.877. The van der Waals surface area contributed by atoms with Gasteiger partial charge in [0.15, 0.2) is 0 Å². The molecule has 0 saturated carbocycles. The third-order valence-electron chi connectivity index (χ3n) is 2.99. The van der Waals surface area contributed by atoms with Crippen molar-refractivity contribution in [3.63, 3.8) is 0 Å². The highest BCUT2D eigenvalue weighted by atomic mass is 16.6. The van der Waals surface area contributed by atoms with Crippen molar-refractivity contribution in [3.05, 3.63) is 0 Å². The van der Waals surface area contributed by atoms with Crippen LogP contribution in [0.4, 0.5) is 4.79 Å². The number of ether oxygens (including phenoxy) is 1. The lowest BCUT2D eigenvalue weighted by molar-refractivity contribution is 0.00661. The smallest absolute Gasteiger partial charge is 0.410 e. The molecule has 0 bridgehead atoms. The first-order valence-corrected chi connectivity index (χ1v) is 7.94. The van der Waals surface area contributed by atoms with Gasteiger partial charge in [0, 0.05) is 18.6 Å². The van der Waals surface area contributed by atoms with E-state index < -0.39 is 5.60 Å². The number of hydrogen-bond donors (Lipinski definition) is 1. The molecule has 0 aliphatic rings. The van der Waals surface area contributed by atoms with Gasteiger partial charge < -0.3 is 15.0 Å². The second-order valence-corrected chi connectivity index (χ2v) is 8.86. The van der Waals surface area contributed by atoms with Crippen molar-refractivity contribution in [1.29, 1.82) is 0 Å². The van der Waals surface area contributed by atoms with Gasteiger partial charge in [-0.3, -0.25) is 0 Å². The summed E-state index contributed by atoms with van der Waals surface area (Å²) in [5.74, 6) is 0. The average Bonchev–Trinajstić information content (AvgIpc) is 2.16. The number of nitrogens with one attached hydrogen (secondary N) is 1. The summed E-state index contributed by atoms with van der Waals surface area (Å²) in [6, 6.07) is 0. The van der Waals surface area contributed by atoms with Crippen LogP contribution in [0, 0.1) is 5.41 Å². The molecule has 126 valence electrons. The van der Waals surface area contributed by atoms with Gasteiger partial charge in [0.05, 0.1) is 0 Å². The summed E-state index contributed by atoms with van der Waals surface area (Å²) in [5.41, 5.74) is -0.365. The molecular weight excluding hydrogens is 264 g/mol. The van der Waals surface area contributed by atoms with E-state index in [-0.39, 0.29) is 11.6 Å². The van der Waals surface area contributed by atoms with Crippen LogP contribution in [-0.2, 0) is 4.74 Å². The molecule has 0 aromatic heterocycles. The Morgan fingerprint density at radius 1 is 0.952 bits per heavy atom.